The summed E-state index contributed by atoms with van der Waals surface area (Å²) in [5.41, 5.74) is 1.51. The molecule has 2 nitrogen and oxygen atoms in total. The minimum absolute atomic E-state index is 0.155. The second-order valence-electron chi connectivity index (χ2n) is 3.91. The summed E-state index contributed by atoms with van der Waals surface area (Å²) in [4.78, 5) is 2.46. The van der Waals surface area contributed by atoms with Gasteiger partial charge in [-0.25, -0.2) is 0 Å². The molecule has 0 bridgehead atoms. The molecule has 1 aliphatic heterocycles. The molecule has 0 aromatic carbocycles. The summed E-state index contributed by atoms with van der Waals surface area (Å²) in [7, 11) is 0. The van der Waals surface area contributed by atoms with Crippen LogP contribution in [-0.4, -0.2) is 35.7 Å². The van der Waals surface area contributed by atoms with Gasteiger partial charge in [0.1, 0.15) is 0 Å². The van der Waals surface area contributed by atoms with E-state index in [1.165, 1.54) is 18.5 Å². The molecule has 0 saturated heterocycles. The average molecular weight is 183 g/mol. The maximum atomic E-state index is 9.17. The van der Waals surface area contributed by atoms with Gasteiger partial charge in [-0.2, -0.15) is 0 Å². The summed E-state index contributed by atoms with van der Waals surface area (Å²) in [5.74, 6) is 0. The van der Waals surface area contributed by atoms with E-state index in [1.54, 1.807) is 0 Å². The van der Waals surface area contributed by atoms with Crippen molar-refractivity contribution in [2.24, 2.45) is 0 Å². The molecule has 0 amide bonds. The van der Waals surface area contributed by atoms with Crippen molar-refractivity contribution in [3.05, 3.63) is 11.6 Å². The van der Waals surface area contributed by atoms with Crippen LogP contribution in [0, 0.1) is 0 Å². The van der Waals surface area contributed by atoms with Gasteiger partial charge in [-0.15, -0.1) is 0 Å². The smallest absolute Gasteiger partial charge is 0.0515 e. The molecule has 1 N–H and O–H groups in total. The summed E-state index contributed by atoms with van der Waals surface area (Å²) in [6, 6.07) is 0. The lowest BCUT2D eigenvalue weighted by atomic mass is 10.0. The summed E-state index contributed by atoms with van der Waals surface area (Å²) in [5, 5.41) is 9.17. The molecule has 13 heavy (non-hydrogen) atoms. The number of likely N-dealkylation sites (N-methyl/N-ethyl adjacent to an activating group) is 1. The lowest BCUT2D eigenvalue weighted by Gasteiger charge is -2.26. The second-order valence-corrected chi connectivity index (χ2v) is 3.91. The van der Waals surface area contributed by atoms with Gasteiger partial charge in [-0.05, 0) is 32.7 Å². The number of aliphatic hydroxyl groups excluding tert-OH is 1. The van der Waals surface area contributed by atoms with Gasteiger partial charge in [-0.3, -0.25) is 4.90 Å². The van der Waals surface area contributed by atoms with E-state index in [9.17, 15) is 0 Å². The predicted molar refractivity (Wildman–Crippen MR) is 55.7 cm³/mol. The molecule has 0 aromatic heterocycles. The Labute approximate surface area is 81.2 Å². The van der Waals surface area contributed by atoms with E-state index < -0.39 is 0 Å². The first-order valence-corrected chi connectivity index (χ1v) is 5.30. The van der Waals surface area contributed by atoms with Crippen molar-refractivity contribution in [3.63, 3.8) is 0 Å². The molecule has 0 radical (unpaired) electrons. The Morgan fingerprint density at radius 2 is 2.38 bits per heavy atom. The van der Waals surface area contributed by atoms with Gasteiger partial charge in [0, 0.05) is 13.1 Å². The predicted octanol–water partition coefficient (Wildman–Crippen LogP) is 1.80. The van der Waals surface area contributed by atoms with Gasteiger partial charge in [-0.1, -0.05) is 18.6 Å². The molecule has 1 atom stereocenters. The summed E-state index contributed by atoms with van der Waals surface area (Å²) in [6.45, 7) is 7.53. The van der Waals surface area contributed by atoms with Crippen LogP contribution in [0.25, 0.3) is 0 Å². The van der Waals surface area contributed by atoms with Crippen molar-refractivity contribution in [2.45, 2.75) is 39.2 Å². The SMILES string of the molecule is CCN1CCC=C(CCC(C)O)C1. The molecule has 1 rings (SSSR count). The third-order valence-corrected chi connectivity index (χ3v) is 2.64. The highest BCUT2D eigenvalue weighted by Gasteiger charge is 2.10. The van der Waals surface area contributed by atoms with Gasteiger partial charge >= 0.3 is 0 Å². The molecule has 0 fully saturated rings. The molecular weight excluding hydrogens is 162 g/mol. The number of nitrogens with zero attached hydrogens (tertiary/aromatic N) is 1. The zero-order valence-corrected chi connectivity index (χ0v) is 8.79. The van der Waals surface area contributed by atoms with E-state index in [1.807, 2.05) is 6.92 Å². The maximum absolute atomic E-state index is 9.17. The van der Waals surface area contributed by atoms with Crippen LogP contribution in [0.5, 0.6) is 0 Å². The van der Waals surface area contributed by atoms with Crippen molar-refractivity contribution in [1.82, 2.24) is 4.90 Å². The number of aliphatic hydroxyl groups is 1. The van der Waals surface area contributed by atoms with Crippen molar-refractivity contribution in [1.29, 1.82) is 0 Å². The zero-order chi connectivity index (χ0) is 9.68. The van der Waals surface area contributed by atoms with Crippen LogP contribution in [0.15, 0.2) is 11.6 Å². The molecule has 0 aromatic rings. The van der Waals surface area contributed by atoms with Crippen molar-refractivity contribution >= 4 is 0 Å². The zero-order valence-electron chi connectivity index (χ0n) is 8.79. The molecule has 0 saturated carbocycles. The standard InChI is InChI=1S/C11H21NO/c1-3-12-8-4-5-11(9-12)7-6-10(2)13/h5,10,13H,3-4,6-9H2,1-2H3. The van der Waals surface area contributed by atoms with Crippen molar-refractivity contribution in [3.8, 4) is 0 Å². The molecule has 0 aliphatic carbocycles. The number of hydrogen-bond acceptors (Lipinski definition) is 2. The summed E-state index contributed by atoms with van der Waals surface area (Å²) >= 11 is 0. The van der Waals surface area contributed by atoms with Gasteiger partial charge in [0.2, 0.25) is 0 Å². The lowest BCUT2D eigenvalue weighted by molar-refractivity contribution is 0.183. The normalized spacial score (nSPS) is 21.3. The Bertz CT molecular complexity index is 175. The van der Waals surface area contributed by atoms with Gasteiger partial charge in [0.05, 0.1) is 6.10 Å². The van der Waals surface area contributed by atoms with E-state index in [2.05, 4.69) is 17.9 Å². The summed E-state index contributed by atoms with van der Waals surface area (Å²) < 4.78 is 0. The first-order valence-electron chi connectivity index (χ1n) is 5.30. The van der Waals surface area contributed by atoms with Crippen LogP contribution in [0.1, 0.15) is 33.1 Å². The van der Waals surface area contributed by atoms with E-state index >= 15 is 0 Å². The highest BCUT2D eigenvalue weighted by Crippen LogP contribution is 2.15. The highest BCUT2D eigenvalue weighted by molar-refractivity contribution is 5.08. The molecule has 1 heterocycles. The minimum Gasteiger partial charge on any atom is -0.393 e. The van der Waals surface area contributed by atoms with Crippen LogP contribution in [-0.2, 0) is 0 Å². The van der Waals surface area contributed by atoms with Crippen LogP contribution >= 0.6 is 0 Å². The maximum Gasteiger partial charge on any atom is 0.0515 e. The Morgan fingerprint density at radius 3 is 3.00 bits per heavy atom. The van der Waals surface area contributed by atoms with E-state index in [0.29, 0.717) is 0 Å². The Kier molecular flexibility index (Phi) is 4.46. The van der Waals surface area contributed by atoms with Gasteiger partial charge < -0.3 is 5.11 Å². The molecule has 1 unspecified atom stereocenters. The van der Waals surface area contributed by atoms with Crippen LogP contribution in [0.4, 0.5) is 0 Å². The molecule has 2 heteroatoms. The van der Waals surface area contributed by atoms with Gasteiger partial charge in [0.25, 0.3) is 0 Å². The van der Waals surface area contributed by atoms with Crippen LogP contribution < -0.4 is 0 Å². The molecule has 76 valence electrons. The Balaban J connectivity index is 2.29. The van der Waals surface area contributed by atoms with Gasteiger partial charge in [0.15, 0.2) is 0 Å². The first kappa shape index (κ1) is 10.7. The third kappa shape index (κ3) is 3.92. The fourth-order valence-electron chi connectivity index (χ4n) is 1.73. The monoisotopic (exact) mass is 183 g/mol. The average Bonchev–Trinajstić information content (AvgIpc) is 2.15. The minimum atomic E-state index is -0.155. The molecule has 0 spiro atoms. The Hall–Kier alpha value is -0.340. The quantitative estimate of drug-likeness (QED) is 0.672. The fraction of sp³-hybridized carbons (Fsp3) is 0.818. The molecular formula is C11H21NO. The van der Waals surface area contributed by atoms with E-state index in [4.69, 9.17) is 5.11 Å². The fourth-order valence-corrected chi connectivity index (χ4v) is 1.73. The lowest BCUT2D eigenvalue weighted by Crippen LogP contribution is -2.29. The second kappa shape index (κ2) is 5.40. The van der Waals surface area contributed by atoms with Crippen molar-refractivity contribution < 1.29 is 5.11 Å². The van der Waals surface area contributed by atoms with Crippen LogP contribution in [0.2, 0.25) is 0 Å². The highest BCUT2D eigenvalue weighted by atomic mass is 16.3. The van der Waals surface area contributed by atoms with E-state index in [0.717, 1.165) is 25.9 Å². The van der Waals surface area contributed by atoms with E-state index in [-0.39, 0.29) is 6.10 Å². The van der Waals surface area contributed by atoms with Crippen molar-refractivity contribution in [2.75, 3.05) is 19.6 Å². The van der Waals surface area contributed by atoms with Crippen LogP contribution in [0.3, 0.4) is 0 Å². The number of rotatable bonds is 4. The third-order valence-electron chi connectivity index (χ3n) is 2.64. The number of hydrogen-bond donors (Lipinski definition) is 1. The summed E-state index contributed by atoms with van der Waals surface area (Å²) in [6.07, 6.45) is 5.34. The largest absolute Gasteiger partial charge is 0.393 e. The Morgan fingerprint density at radius 1 is 1.62 bits per heavy atom. The first-order chi connectivity index (χ1) is 6.22. The molecule has 1 aliphatic rings. The topological polar surface area (TPSA) is 23.5 Å².